The van der Waals surface area contributed by atoms with Crippen LogP contribution in [0.1, 0.15) is 38.5 Å². The molecule has 2 aromatic rings. The van der Waals surface area contributed by atoms with Gasteiger partial charge in [0.2, 0.25) is 6.79 Å². The Labute approximate surface area is 205 Å². The highest BCUT2D eigenvalue weighted by molar-refractivity contribution is 6.30. The number of fused-ring (bicyclic) bond motifs is 1. The van der Waals surface area contributed by atoms with Crippen LogP contribution in [0, 0.1) is 11.3 Å². The van der Waals surface area contributed by atoms with Crippen LogP contribution in [0.25, 0.3) is 0 Å². The molecule has 2 aliphatic carbocycles. The molecule has 182 valence electrons. The third kappa shape index (κ3) is 5.53. The number of anilines is 2. The van der Waals surface area contributed by atoms with Crippen LogP contribution in [0.3, 0.4) is 0 Å². The molecule has 3 aliphatic rings. The molecule has 1 aliphatic heterocycles. The zero-order chi connectivity index (χ0) is 23.4. The smallest absolute Gasteiger partial charge is 0.319 e. The summed E-state index contributed by atoms with van der Waals surface area (Å²) < 4.78 is 10.9. The van der Waals surface area contributed by atoms with Gasteiger partial charge in [0.05, 0.1) is 5.69 Å². The third-order valence-corrected chi connectivity index (χ3v) is 7.69. The zero-order valence-electron chi connectivity index (χ0n) is 19.4. The molecular formula is C26H33ClN4O3. The molecule has 1 heterocycles. The van der Waals surface area contributed by atoms with E-state index >= 15 is 0 Å². The van der Waals surface area contributed by atoms with E-state index < -0.39 is 0 Å². The predicted octanol–water partition coefficient (Wildman–Crippen LogP) is 5.23. The number of urea groups is 1. The van der Waals surface area contributed by atoms with E-state index in [0.717, 1.165) is 54.8 Å². The lowest BCUT2D eigenvalue weighted by Gasteiger charge is -2.29. The number of para-hydroxylation sites is 1. The Hall–Kier alpha value is -2.64. The van der Waals surface area contributed by atoms with Gasteiger partial charge in [-0.25, -0.2) is 4.79 Å². The number of hydrogen-bond acceptors (Lipinski definition) is 5. The molecule has 1 spiro atoms. The SMILES string of the molecule is O=C(Nc1ccc(Cl)cc1)NC1CC12CCC(CCNCCNc1cccc3c1OCO3)CC2. The van der Waals surface area contributed by atoms with Gasteiger partial charge in [0.1, 0.15) is 0 Å². The van der Waals surface area contributed by atoms with Crippen molar-refractivity contribution in [2.45, 2.75) is 44.6 Å². The van der Waals surface area contributed by atoms with Crippen molar-refractivity contribution in [2.24, 2.45) is 11.3 Å². The van der Waals surface area contributed by atoms with Gasteiger partial charge in [-0.2, -0.15) is 0 Å². The van der Waals surface area contributed by atoms with E-state index in [0.29, 0.717) is 23.3 Å². The number of halogens is 1. The summed E-state index contributed by atoms with van der Waals surface area (Å²) in [6.45, 7) is 3.09. The summed E-state index contributed by atoms with van der Waals surface area (Å²) in [6.07, 6.45) is 7.26. The first kappa shape index (κ1) is 23.1. The number of benzene rings is 2. The van der Waals surface area contributed by atoms with Crippen molar-refractivity contribution in [2.75, 3.05) is 37.1 Å². The quantitative estimate of drug-likeness (QED) is 0.366. The van der Waals surface area contributed by atoms with Gasteiger partial charge in [-0.05, 0) is 92.8 Å². The first-order valence-electron chi connectivity index (χ1n) is 12.3. The maximum atomic E-state index is 12.3. The lowest BCUT2D eigenvalue weighted by Crippen LogP contribution is -2.35. The summed E-state index contributed by atoms with van der Waals surface area (Å²) in [7, 11) is 0. The van der Waals surface area contributed by atoms with Crippen molar-refractivity contribution in [1.82, 2.24) is 10.6 Å². The third-order valence-electron chi connectivity index (χ3n) is 7.44. The Kier molecular flexibility index (Phi) is 7.02. The molecule has 2 aromatic carbocycles. The normalized spacial score (nSPS) is 24.6. The Morgan fingerprint density at radius 3 is 2.68 bits per heavy atom. The number of rotatable bonds is 9. The zero-order valence-corrected chi connectivity index (χ0v) is 20.1. The van der Waals surface area contributed by atoms with E-state index in [1.54, 1.807) is 12.1 Å². The average molecular weight is 485 g/mol. The fourth-order valence-corrected chi connectivity index (χ4v) is 5.42. The van der Waals surface area contributed by atoms with Crippen molar-refractivity contribution in [1.29, 1.82) is 0 Å². The van der Waals surface area contributed by atoms with Crippen molar-refractivity contribution in [3.05, 3.63) is 47.5 Å². The monoisotopic (exact) mass is 484 g/mol. The minimum Gasteiger partial charge on any atom is -0.454 e. The molecule has 0 radical (unpaired) electrons. The first-order chi connectivity index (χ1) is 16.6. The Bertz CT molecular complexity index is 992. The number of amides is 2. The molecule has 1 atom stereocenters. The van der Waals surface area contributed by atoms with Gasteiger partial charge in [0.15, 0.2) is 11.5 Å². The van der Waals surface area contributed by atoms with Gasteiger partial charge in [0, 0.05) is 29.8 Å². The van der Waals surface area contributed by atoms with E-state index in [1.165, 1.54) is 32.1 Å². The molecule has 34 heavy (non-hydrogen) atoms. The van der Waals surface area contributed by atoms with E-state index in [1.807, 2.05) is 30.3 Å². The second-order valence-corrected chi connectivity index (χ2v) is 10.1. The van der Waals surface area contributed by atoms with Gasteiger partial charge in [-0.3, -0.25) is 0 Å². The molecule has 2 amide bonds. The fourth-order valence-electron chi connectivity index (χ4n) is 5.29. The summed E-state index contributed by atoms with van der Waals surface area (Å²) in [5.74, 6) is 2.40. The Morgan fingerprint density at radius 2 is 1.85 bits per heavy atom. The van der Waals surface area contributed by atoms with Crippen molar-refractivity contribution in [3.8, 4) is 11.5 Å². The van der Waals surface area contributed by atoms with Gasteiger partial charge in [-0.15, -0.1) is 0 Å². The molecule has 0 bridgehead atoms. The highest BCUT2D eigenvalue weighted by atomic mass is 35.5. The highest BCUT2D eigenvalue weighted by Gasteiger charge is 2.55. The molecule has 5 rings (SSSR count). The van der Waals surface area contributed by atoms with Crippen LogP contribution in [-0.2, 0) is 0 Å². The highest BCUT2D eigenvalue weighted by Crippen LogP contribution is 2.57. The van der Waals surface area contributed by atoms with E-state index in [2.05, 4.69) is 21.3 Å². The number of carbonyl (C=O) groups is 1. The minimum absolute atomic E-state index is 0.122. The van der Waals surface area contributed by atoms with E-state index in [9.17, 15) is 4.79 Å². The second kappa shape index (κ2) is 10.3. The largest absolute Gasteiger partial charge is 0.454 e. The number of carbonyl (C=O) groups excluding carboxylic acids is 1. The van der Waals surface area contributed by atoms with Crippen LogP contribution < -0.4 is 30.7 Å². The molecule has 8 heteroatoms. The molecule has 1 unspecified atom stereocenters. The molecule has 0 aromatic heterocycles. The van der Waals surface area contributed by atoms with Crippen molar-refractivity contribution < 1.29 is 14.3 Å². The van der Waals surface area contributed by atoms with Gasteiger partial charge in [-0.1, -0.05) is 17.7 Å². The van der Waals surface area contributed by atoms with Crippen LogP contribution in [-0.4, -0.2) is 38.5 Å². The standard InChI is InChI=1S/C26H33ClN4O3/c27-19-4-6-20(7-5-19)30-25(32)31-23-16-26(23)11-8-18(9-12-26)10-13-28-14-15-29-21-2-1-3-22-24(21)34-17-33-22/h1-7,18,23,28-29H,8-17H2,(H2,30,31,32). The van der Waals surface area contributed by atoms with E-state index in [4.69, 9.17) is 21.1 Å². The molecule has 4 N–H and O–H groups in total. The van der Waals surface area contributed by atoms with Gasteiger partial charge >= 0.3 is 6.03 Å². The molecule has 0 saturated heterocycles. The molecule has 2 saturated carbocycles. The van der Waals surface area contributed by atoms with Crippen LogP contribution in [0.2, 0.25) is 5.02 Å². The summed E-state index contributed by atoms with van der Waals surface area (Å²) in [5, 5.41) is 13.7. The predicted molar refractivity (Wildman–Crippen MR) is 135 cm³/mol. The minimum atomic E-state index is -0.122. The first-order valence-corrected chi connectivity index (χ1v) is 12.7. The van der Waals surface area contributed by atoms with Crippen molar-refractivity contribution >= 4 is 29.0 Å². The maximum absolute atomic E-state index is 12.3. The number of ether oxygens (including phenoxy) is 2. The molecule has 2 fully saturated rings. The summed E-state index contributed by atoms with van der Waals surface area (Å²) in [6, 6.07) is 13.3. The topological polar surface area (TPSA) is 83.7 Å². The van der Waals surface area contributed by atoms with E-state index in [-0.39, 0.29) is 6.03 Å². The lowest BCUT2D eigenvalue weighted by atomic mass is 9.78. The van der Waals surface area contributed by atoms with Crippen molar-refractivity contribution in [3.63, 3.8) is 0 Å². The average Bonchev–Trinajstić information content (AvgIpc) is 3.25. The molecule has 7 nitrogen and oxygen atoms in total. The summed E-state index contributed by atoms with van der Waals surface area (Å²) >= 11 is 5.90. The summed E-state index contributed by atoms with van der Waals surface area (Å²) in [5.41, 5.74) is 2.08. The van der Waals surface area contributed by atoms with Gasteiger partial charge in [0.25, 0.3) is 0 Å². The van der Waals surface area contributed by atoms with Crippen LogP contribution in [0.4, 0.5) is 16.2 Å². The lowest BCUT2D eigenvalue weighted by molar-refractivity contribution is 0.174. The number of nitrogens with one attached hydrogen (secondary N) is 4. The number of hydrogen-bond donors (Lipinski definition) is 4. The maximum Gasteiger partial charge on any atom is 0.319 e. The Balaban J connectivity index is 0.942. The van der Waals surface area contributed by atoms with Crippen LogP contribution in [0.15, 0.2) is 42.5 Å². The Morgan fingerprint density at radius 1 is 1.03 bits per heavy atom. The fraction of sp³-hybridized carbons (Fsp3) is 0.500. The van der Waals surface area contributed by atoms with Gasteiger partial charge < -0.3 is 30.7 Å². The van der Waals surface area contributed by atoms with Crippen LogP contribution >= 0.6 is 11.6 Å². The summed E-state index contributed by atoms with van der Waals surface area (Å²) in [4.78, 5) is 12.3. The second-order valence-electron chi connectivity index (χ2n) is 9.67. The molecular weight excluding hydrogens is 452 g/mol. The van der Waals surface area contributed by atoms with Crippen LogP contribution in [0.5, 0.6) is 11.5 Å².